The van der Waals surface area contributed by atoms with E-state index in [0.29, 0.717) is 37.7 Å². The smallest absolute Gasteiger partial charge is 0.231 e. The van der Waals surface area contributed by atoms with Gasteiger partial charge in [0, 0.05) is 49.8 Å². The number of aromatic nitrogens is 3. The van der Waals surface area contributed by atoms with Crippen LogP contribution in [0.5, 0.6) is 0 Å². The van der Waals surface area contributed by atoms with E-state index in [1.165, 1.54) is 31.4 Å². The van der Waals surface area contributed by atoms with E-state index in [0.717, 1.165) is 31.4 Å². The number of carbonyl (C=O) groups excluding carboxylic acids is 2. The van der Waals surface area contributed by atoms with Gasteiger partial charge >= 0.3 is 0 Å². The lowest BCUT2D eigenvalue weighted by atomic mass is 10.2. The molecule has 1 aromatic carbocycles. The van der Waals surface area contributed by atoms with Crippen LogP contribution in [0.1, 0.15) is 13.8 Å². The van der Waals surface area contributed by atoms with Gasteiger partial charge in [-0.2, -0.15) is 0 Å². The second kappa shape index (κ2) is 10.2. The first-order valence-electron chi connectivity index (χ1n) is 11.8. The first-order valence-corrected chi connectivity index (χ1v) is 14.5. The van der Waals surface area contributed by atoms with Gasteiger partial charge in [-0.05, 0) is 35.9 Å². The Morgan fingerprint density at radius 2 is 1.74 bits per heavy atom. The molecule has 0 aliphatic carbocycles. The fourth-order valence-electron chi connectivity index (χ4n) is 4.25. The van der Waals surface area contributed by atoms with Crippen molar-refractivity contribution in [3.8, 4) is 21.8 Å². The normalized spacial score (nSPS) is 14.0. The summed E-state index contributed by atoms with van der Waals surface area (Å²) in [5.74, 6) is 0.602. The fourth-order valence-corrected chi connectivity index (χ4v) is 6.03. The van der Waals surface area contributed by atoms with Crippen molar-refractivity contribution in [3.05, 3.63) is 48.7 Å². The lowest BCUT2D eigenvalue weighted by Gasteiger charge is -2.28. The molecule has 4 heterocycles. The fraction of sp³-hybridized carbons (Fsp3) is 0.269. The van der Waals surface area contributed by atoms with E-state index in [4.69, 9.17) is 14.7 Å². The van der Waals surface area contributed by atoms with Gasteiger partial charge in [0.25, 0.3) is 0 Å². The average Bonchev–Trinajstić information content (AvgIpc) is 3.33. The van der Waals surface area contributed by atoms with E-state index < -0.39 is 21.7 Å². The Hall–Kier alpha value is -3.74. The molecule has 1 saturated heterocycles. The SMILES string of the molecule is CC(=O)N(C(C)=O)c1ccc(-c2nc(N3CCOCC3)c3sc(-c4cccc(S(C)(=O)=O)c4)cc3n2)cn1. The van der Waals surface area contributed by atoms with Crippen molar-refractivity contribution >= 4 is 54.8 Å². The number of pyridine rings is 1. The summed E-state index contributed by atoms with van der Waals surface area (Å²) in [4.78, 5) is 42.1. The second-order valence-electron chi connectivity index (χ2n) is 8.87. The maximum absolute atomic E-state index is 12.1. The molecule has 4 aromatic rings. The van der Waals surface area contributed by atoms with Gasteiger partial charge in [-0.15, -0.1) is 11.3 Å². The van der Waals surface area contributed by atoms with Crippen LogP contribution in [0.2, 0.25) is 0 Å². The van der Waals surface area contributed by atoms with Gasteiger partial charge in [-0.1, -0.05) is 12.1 Å². The van der Waals surface area contributed by atoms with Crippen LogP contribution < -0.4 is 9.80 Å². The topological polar surface area (TPSA) is 123 Å². The van der Waals surface area contributed by atoms with Crippen molar-refractivity contribution < 1.29 is 22.7 Å². The predicted molar refractivity (Wildman–Crippen MR) is 146 cm³/mol. The van der Waals surface area contributed by atoms with E-state index >= 15 is 0 Å². The highest BCUT2D eigenvalue weighted by Crippen LogP contribution is 2.39. The molecule has 1 fully saturated rings. The van der Waals surface area contributed by atoms with Crippen LogP contribution in [0.3, 0.4) is 0 Å². The van der Waals surface area contributed by atoms with E-state index in [2.05, 4.69) is 9.88 Å². The van der Waals surface area contributed by atoms with E-state index in [9.17, 15) is 18.0 Å². The number of benzene rings is 1. The molecule has 0 atom stereocenters. The van der Waals surface area contributed by atoms with Crippen LogP contribution >= 0.6 is 11.3 Å². The van der Waals surface area contributed by atoms with Crippen molar-refractivity contribution in [2.75, 3.05) is 42.4 Å². The van der Waals surface area contributed by atoms with Crippen LogP contribution in [0.15, 0.2) is 53.6 Å². The third-order valence-corrected chi connectivity index (χ3v) is 8.36. The van der Waals surface area contributed by atoms with Gasteiger partial charge in [0.15, 0.2) is 21.5 Å². The van der Waals surface area contributed by atoms with Gasteiger partial charge in [-0.25, -0.2) is 28.3 Å². The summed E-state index contributed by atoms with van der Waals surface area (Å²) in [5.41, 5.74) is 2.13. The zero-order chi connectivity index (χ0) is 27.0. The third kappa shape index (κ3) is 5.15. The van der Waals surface area contributed by atoms with Crippen LogP contribution in [-0.4, -0.2) is 67.7 Å². The molecule has 38 heavy (non-hydrogen) atoms. The monoisotopic (exact) mass is 551 g/mol. The Balaban J connectivity index is 1.61. The number of sulfone groups is 1. The Kier molecular flexibility index (Phi) is 6.95. The summed E-state index contributed by atoms with van der Waals surface area (Å²) < 4.78 is 30.6. The zero-order valence-corrected chi connectivity index (χ0v) is 22.7. The van der Waals surface area contributed by atoms with Gasteiger partial charge in [0.2, 0.25) is 11.8 Å². The molecule has 12 heteroatoms. The maximum atomic E-state index is 12.1. The standard InChI is InChI=1S/C26H25N5O5S2/c1-16(32)31(17(2)33)23-8-7-19(15-27-23)25-28-21-14-22(18-5-4-6-20(13-18)38(3,34)35)37-24(21)26(29-25)30-9-11-36-12-10-30/h4-8,13-15H,9-12H2,1-3H3. The Morgan fingerprint density at radius 1 is 1.00 bits per heavy atom. The Bertz CT molecular complexity index is 1630. The number of thiophene rings is 1. The minimum atomic E-state index is -3.35. The second-order valence-corrected chi connectivity index (χ2v) is 11.9. The molecule has 0 saturated carbocycles. The quantitative estimate of drug-likeness (QED) is 0.366. The Labute approximate surface area is 223 Å². The number of nitrogens with zero attached hydrogens (tertiary/aromatic N) is 5. The van der Waals surface area contributed by atoms with Crippen LogP contribution in [-0.2, 0) is 24.2 Å². The molecule has 2 amide bonds. The number of imide groups is 1. The number of rotatable bonds is 5. The molecule has 1 aliphatic heterocycles. The molecular weight excluding hydrogens is 526 g/mol. The summed E-state index contributed by atoms with van der Waals surface area (Å²) in [6.45, 7) is 5.12. The first kappa shape index (κ1) is 25.9. The number of fused-ring (bicyclic) bond motifs is 1. The molecule has 0 bridgehead atoms. The van der Waals surface area contributed by atoms with Gasteiger partial charge in [0.05, 0.1) is 28.3 Å². The molecule has 0 spiro atoms. The average molecular weight is 552 g/mol. The molecular formula is C26H25N5O5S2. The lowest BCUT2D eigenvalue weighted by Crippen LogP contribution is -2.36. The number of anilines is 2. The van der Waals surface area contributed by atoms with E-state index in [1.54, 1.807) is 36.5 Å². The third-order valence-electron chi connectivity index (χ3n) is 6.08. The van der Waals surface area contributed by atoms with Crippen LogP contribution in [0, 0.1) is 0 Å². The highest BCUT2D eigenvalue weighted by molar-refractivity contribution is 7.90. The highest BCUT2D eigenvalue weighted by Gasteiger charge is 2.22. The van der Waals surface area contributed by atoms with Crippen molar-refractivity contribution in [1.29, 1.82) is 0 Å². The Morgan fingerprint density at radius 3 is 2.37 bits per heavy atom. The summed E-state index contributed by atoms with van der Waals surface area (Å²) in [6, 6.07) is 12.1. The highest BCUT2D eigenvalue weighted by atomic mass is 32.2. The molecule has 196 valence electrons. The van der Waals surface area contributed by atoms with E-state index in [1.807, 2.05) is 12.1 Å². The largest absolute Gasteiger partial charge is 0.378 e. The minimum Gasteiger partial charge on any atom is -0.378 e. The lowest BCUT2D eigenvalue weighted by molar-refractivity contribution is -0.124. The summed E-state index contributed by atoms with van der Waals surface area (Å²) in [7, 11) is -3.35. The number of morpholine rings is 1. The van der Waals surface area contributed by atoms with Gasteiger partial charge < -0.3 is 9.64 Å². The van der Waals surface area contributed by atoms with Crippen LogP contribution in [0.4, 0.5) is 11.6 Å². The molecule has 3 aromatic heterocycles. The number of ether oxygens (including phenoxy) is 1. The molecule has 0 radical (unpaired) electrons. The number of hydrogen-bond acceptors (Lipinski definition) is 10. The van der Waals surface area contributed by atoms with Crippen molar-refractivity contribution in [2.45, 2.75) is 18.7 Å². The first-order chi connectivity index (χ1) is 18.1. The van der Waals surface area contributed by atoms with Crippen molar-refractivity contribution in [3.63, 3.8) is 0 Å². The van der Waals surface area contributed by atoms with Crippen molar-refractivity contribution in [2.24, 2.45) is 0 Å². The zero-order valence-electron chi connectivity index (χ0n) is 21.0. The number of carbonyl (C=O) groups is 2. The molecule has 1 aliphatic rings. The van der Waals surface area contributed by atoms with E-state index in [-0.39, 0.29) is 10.7 Å². The van der Waals surface area contributed by atoms with Crippen molar-refractivity contribution in [1.82, 2.24) is 15.0 Å². The van der Waals surface area contributed by atoms with Gasteiger partial charge in [-0.3, -0.25) is 9.59 Å². The van der Waals surface area contributed by atoms with Gasteiger partial charge in [0.1, 0.15) is 5.82 Å². The van der Waals surface area contributed by atoms with Crippen LogP contribution in [0.25, 0.3) is 32.0 Å². The molecule has 0 N–H and O–H groups in total. The molecule has 10 nitrogen and oxygen atoms in total. The molecule has 5 rings (SSSR count). The number of hydrogen-bond donors (Lipinski definition) is 0. The minimum absolute atomic E-state index is 0.229. The summed E-state index contributed by atoms with van der Waals surface area (Å²) >= 11 is 1.51. The summed E-state index contributed by atoms with van der Waals surface area (Å²) in [5, 5.41) is 0. The summed E-state index contributed by atoms with van der Waals surface area (Å²) in [6.07, 6.45) is 2.73. The molecule has 0 unspecified atom stereocenters. The maximum Gasteiger partial charge on any atom is 0.231 e. The predicted octanol–water partition coefficient (Wildman–Crippen LogP) is 3.56. The number of amides is 2.